The molecule has 0 bridgehead atoms. The van der Waals surface area contributed by atoms with Gasteiger partial charge in [0.15, 0.2) is 0 Å². The first-order chi connectivity index (χ1) is 7.70. The minimum Gasteiger partial charge on any atom is -0.506 e. The fourth-order valence-corrected chi connectivity index (χ4v) is 1.67. The van der Waals surface area contributed by atoms with Crippen LogP contribution < -0.4 is 11.1 Å². The molecule has 1 fully saturated rings. The molecule has 1 saturated carbocycles. The number of aromatic hydroxyl groups is 1. The Morgan fingerprint density at radius 1 is 1.62 bits per heavy atom. The summed E-state index contributed by atoms with van der Waals surface area (Å²) in [5.41, 5.74) is 5.95. The molecule has 1 aliphatic rings. The Balaban J connectivity index is 2.01. The molecule has 1 heterocycles. The SMILES string of the molecule is NCC(NC(=O)c1cncc(O)c1)C1CC1. The van der Waals surface area contributed by atoms with Gasteiger partial charge >= 0.3 is 0 Å². The van der Waals surface area contributed by atoms with E-state index in [1.807, 2.05) is 0 Å². The molecule has 2 rings (SSSR count). The van der Waals surface area contributed by atoms with E-state index in [4.69, 9.17) is 5.73 Å². The molecule has 16 heavy (non-hydrogen) atoms. The monoisotopic (exact) mass is 221 g/mol. The highest BCUT2D eigenvalue weighted by Gasteiger charge is 2.31. The van der Waals surface area contributed by atoms with Gasteiger partial charge in [-0.1, -0.05) is 0 Å². The standard InChI is InChI=1S/C11H15N3O2/c12-4-10(7-1-2-7)14-11(16)8-3-9(15)6-13-5-8/h3,5-7,10,15H,1-2,4,12H2,(H,14,16). The van der Waals surface area contributed by atoms with Gasteiger partial charge in [0.2, 0.25) is 0 Å². The highest BCUT2D eigenvalue weighted by Crippen LogP contribution is 2.32. The quantitative estimate of drug-likeness (QED) is 0.680. The van der Waals surface area contributed by atoms with Crippen molar-refractivity contribution in [3.63, 3.8) is 0 Å². The highest BCUT2D eigenvalue weighted by atomic mass is 16.3. The van der Waals surface area contributed by atoms with Gasteiger partial charge in [0.05, 0.1) is 11.8 Å². The molecule has 1 aromatic rings. The number of pyridine rings is 1. The average Bonchev–Trinajstić information content (AvgIpc) is 3.09. The number of aromatic nitrogens is 1. The fraction of sp³-hybridized carbons (Fsp3) is 0.455. The van der Waals surface area contributed by atoms with Gasteiger partial charge in [-0.25, -0.2) is 0 Å². The van der Waals surface area contributed by atoms with Crippen LogP contribution in [0.25, 0.3) is 0 Å². The maximum atomic E-state index is 11.8. The second-order valence-corrected chi connectivity index (χ2v) is 4.08. The lowest BCUT2D eigenvalue weighted by molar-refractivity contribution is 0.0932. The first-order valence-corrected chi connectivity index (χ1v) is 5.35. The molecular weight excluding hydrogens is 206 g/mol. The Bertz CT molecular complexity index is 391. The number of nitrogens with two attached hydrogens (primary N) is 1. The number of carbonyl (C=O) groups is 1. The molecule has 1 unspecified atom stereocenters. The van der Waals surface area contributed by atoms with E-state index in [9.17, 15) is 9.90 Å². The summed E-state index contributed by atoms with van der Waals surface area (Å²) < 4.78 is 0. The van der Waals surface area contributed by atoms with Crippen LogP contribution in [0.3, 0.4) is 0 Å². The van der Waals surface area contributed by atoms with Crippen molar-refractivity contribution in [2.45, 2.75) is 18.9 Å². The number of hydrogen-bond acceptors (Lipinski definition) is 4. The zero-order valence-electron chi connectivity index (χ0n) is 8.89. The van der Waals surface area contributed by atoms with E-state index >= 15 is 0 Å². The van der Waals surface area contributed by atoms with Crippen molar-refractivity contribution in [2.75, 3.05) is 6.54 Å². The lowest BCUT2D eigenvalue weighted by Gasteiger charge is -2.15. The lowest BCUT2D eigenvalue weighted by Crippen LogP contribution is -2.41. The Kier molecular flexibility index (Phi) is 3.05. The van der Waals surface area contributed by atoms with Crippen LogP contribution in [-0.2, 0) is 0 Å². The number of nitrogens with zero attached hydrogens (tertiary/aromatic N) is 1. The van der Waals surface area contributed by atoms with Gasteiger partial charge in [0.1, 0.15) is 5.75 Å². The van der Waals surface area contributed by atoms with E-state index in [0.717, 1.165) is 12.8 Å². The maximum Gasteiger partial charge on any atom is 0.253 e. The Hall–Kier alpha value is -1.62. The topological polar surface area (TPSA) is 88.2 Å². The summed E-state index contributed by atoms with van der Waals surface area (Å²) in [5, 5.41) is 12.1. The second kappa shape index (κ2) is 4.49. The molecule has 1 atom stereocenters. The van der Waals surface area contributed by atoms with E-state index < -0.39 is 0 Å². The highest BCUT2D eigenvalue weighted by molar-refractivity contribution is 5.94. The molecule has 0 radical (unpaired) electrons. The first-order valence-electron chi connectivity index (χ1n) is 5.35. The van der Waals surface area contributed by atoms with Crippen molar-refractivity contribution in [3.8, 4) is 5.75 Å². The number of carbonyl (C=O) groups excluding carboxylic acids is 1. The maximum absolute atomic E-state index is 11.8. The number of rotatable bonds is 4. The van der Waals surface area contributed by atoms with E-state index in [1.54, 1.807) is 0 Å². The van der Waals surface area contributed by atoms with Crippen molar-refractivity contribution < 1.29 is 9.90 Å². The lowest BCUT2D eigenvalue weighted by atomic mass is 10.1. The van der Waals surface area contributed by atoms with Gasteiger partial charge in [0.25, 0.3) is 5.91 Å². The van der Waals surface area contributed by atoms with Crippen molar-refractivity contribution in [3.05, 3.63) is 24.0 Å². The van der Waals surface area contributed by atoms with Crippen molar-refractivity contribution >= 4 is 5.91 Å². The molecule has 86 valence electrons. The average molecular weight is 221 g/mol. The number of nitrogens with one attached hydrogen (secondary N) is 1. The van der Waals surface area contributed by atoms with Crippen molar-refractivity contribution in [1.29, 1.82) is 0 Å². The summed E-state index contributed by atoms with van der Waals surface area (Å²) >= 11 is 0. The summed E-state index contributed by atoms with van der Waals surface area (Å²) in [6, 6.07) is 1.43. The second-order valence-electron chi connectivity index (χ2n) is 4.08. The molecule has 0 aromatic carbocycles. The molecule has 4 N–H and O–H groups in total. The summed E-state index contributed by atoms with van der Waals surface area (Å²) in [6.45, 7) is 0.447. The van der Waals surface area contributed by atoms with Crippen LogP contribution >= 0.6 is 0 Å². The number of amides is 1. The third-order valence-corrected chi connectivity index (χ3v) is 2.75. The largest absolute Gasteiger partial charge is 0.506 e. The fourth-order valence-electron chi connectivity index (χ4n) is 1.67. The minimum absolute atomic E-state index is 0.0108. The van der Waals surface area contributed by atoms with Crippen LogP contribution in [0.2, 0.25) is 0 Å². The molecular formula is C11H15N3O2. The Morgan fingerprint density at radius 3 is 2.94 bits per heavy atom. The molecule has 1 aromatic heterocycles. The predicted molar refractivity (Wildman–Crippen MR) is 58.9 cm³/mol. The van der Waals surface area contributed by atoms with Gasteiger partial charge in [-0.2, -0.15) is 0 Å². The van der Waals surface area contributed by atoms with Crippen LogP contribution in [0.4, 0.5) is 0 Å². The molecule has 1 amide bonds. The van der Waals surface area contributed by atoms with E-state index in [0.29, 0.717) is 18.0 Å². The molecule has 0 spiro atoms. The van der Waals surface area contributed by atoms with Crippen molar-refractivity contribution in [1.82, 2.24) is 10.3 Å². The van der Waals surface area contributed by atoms with Gasteiger partial charge in [-0.15, -0.1) is 0 Å². The third-order valence-electron chi connectivity index (χ3n) is 2.75. The van der Waals surface area contributed by atoms with Crippen LogP contribution in [-0.4, -0.2) is 28.6 Å². The Morgan fingerprint density at radius 2 is 2.38 bits per heavy atom. The molecule has 0 saturated heterocycles. The molecule has 5 nitrogen and oxygen atoms in total. The molecule has 1 aliphatic carbocycles. The zero-order valence-corrected chi connectivity index (χ0v) is 8.89. The van der Waals surface area contributed by atoms with Crippen LogP contribution in [0.5, 0.6) is 5.75 Å². The summed E-state index contributed by atoms with van der Waals surface area (Å²) in [5.74, 6) is 0.272. The predicted octanol–water partition coefficient (Wildman–Crippen LogP) is 0.254. The van der Waals surface area contributed by atoms with Gasteiger partial charge < -0.3 is 16.2 Å². The van der Waals surface area contributed by atoms with Gasteiger partial charge in [-0.3, -0.25) is 9.78 Å². The van der Waals surface area contributed by atoms with E-state index in [2.05, 4.69) is 10.3 Å². The van der Waals surface area contributed by atoms with Gasteiger partial charge in [0, 0.05) is 18.8 Å². The number of hydrogen-bond donors (Lipinski definition) is 3. The Labute approximate surface area is 93.7 Å². The third kappa shape index (κ3) is 2.49. The van der Waals surface area contributed by atoms with E-state index in [1.165, 1.54) is 18.5 Å². The van der Waals surface area contributed by atoms with Gasteiger partial charge in [-0.05, 0) is 24.8 Å². The summed E-state index contributed by atoms with van der Waals surface area (Å²) in [7, 11) is 0. The zero-order chi connectivity index (χ0) is 11.5. The molecule has 5 heteroatoms. The summed E-state index contributed by atoms with van der Waals surface area (Å²) in [4.78, 5) is 15.5. The van der Waals surface area contributed by atoms with Crippen LogP contribution in [0.15, 0.2) is 18.5 Å². The van der Waals surface area contributed by atoms with Crippen LogP contribution in [0.1, 0.15) is 23.2 Å². The van der Waals surface area contributed by atoms with Crippen molar-refractivity contribution in [2.24, 2.45) is 11.7 Å². The smallest absolute Gasteiger partial charge is 0.253 e. The first kappa shape index (κ1) is 10.9. The summed E-state index contributed by atoms with van der Waals surface area (Å²) in [6.07, 6.45) is 4.97. The minimum atomic E-state index is -0.231. The van der Waals surface area contributed by atoms with Crippen LogP contribution in [0, 0.1) is 5.92 Å². The normalized spacial score (nSPS) is 16.8. The molecule has 0 aliphatic heterocycles. The van der Waals surface area contributed by atoms with E-state index in [-0.39, 0.29) is 17.7 Å².